The minimum absolute atomic E-state index is 0.0309. The number of carbonyl (C=O) groups excluding carboxylic acids is 1. The number of pyridine rings is 1. The van der Waals surface area contributed by atoms with Gasteiger partial charge < -0.3 is 9.72 Å². The third kappa shape index (κ3) is 4.66. The molecule has 2 heterocycles. The Labute approximate surface area is 183 Å². The Morgan fingerprint density at radius 1 is 1.03 bits per heavy atom. The van der Waals surface area contributed by atoms with E-state index in [0.29, 0.717) is 22.6 Å². The van der Waals surface area contributed by atoms with Gasteiger partial charge in [-0.3, -0.25) is 4.79 Å². The van der Waals surface area contributed by atoms with Crippen LogP contribution >= 0.6 is 0 Å². The molecule has 1 unspecified atom stereocenters. The summed E-state index contributed by atoms with van der Waals surface area (Å²) >= 11 is 0. The second-order valence-corrected chi connectivity index (χ2v) is 7.91. The van der Waals surface area contributed by atoms with Crippen molar-refractivity contribution in [2.75, 3.05) is 5.32 Å². The summed E-state index contributed by atoms with van der Waals surface area (Å²) in [6.07, 6.45) is -1.05. The normalized spacial score (nSPS) is 12.7. The first kappa shape index (κ1) is 21.6. The molecule has 0 radical (unpaired) electrons. The first-order valence-corrected chi connectivity index (χ1v) is 10.2. The number of benzene rings is 2. The van der Waals surface area contributed by atoms with Crippen LogP contribution in [0, 0.1) is 13.8 Å². The van der Waals surface area contributed by atoms with Crippen LogP contribution in [0.4, 0.5) is 18.9 Å². The van der Waals surface area contributed by atoms with Gasteiger partial charge in [0.2, 0.25) is 5.91 Å². The van der Waals surface area contributed by atoms with Crippen LogP contribution in [0.5, 0.6) is 0 Å². The van der Waals surface area contributed by atoms with Gasteiger partial charge in [-0.05, 0) is 55.3 Å². The monoisotopic (exact) mass is 437 g/mol. The summed E-state index contributed by atoms with van der Waals surface area (Å²) < 4.78 is 41.9. The Morgan fingerprint density at radius 2 is 1.78 bits per heavy atom. The molecular weight excluding hydrogens is 415 g/mol. The zero-order chi connectivity index (χ0) is 22.9. The lowest BCUT2D eigenvalue weighted by Crippen LogP contribution is -2.18. The summed E-state index contributed by atoms with van der Waals surface area (Å²) in [6, 6.07) is 16.3. The number of anilines is 1. The Kier molecular flexibility index (Phi) is 5.74. The Hall–Kier alpha value is -3.61. The molecule has 0 spiro atoms. The summed E-state index contributed by atoms with van der Waals surface area (Å²) in [5, 5.41) is 2.84. The maximum Gasteiger partial charge on any atom is 0.416 e. The van der Waals surface area contributed by atoms with Gasteiger partial charge in [0.25, 0.3) is 0 Å². The number of aryl methyl sites for hydroxylation is 2. The van der Waals surface area contributed by atoms with Crippen LogP contribution in [0.1, 0.15) is 40.3 Å². The predicted octanol–water partition coefficient (Wildman–Crippen LogP) is 6.13. The molecule has 4 aromatic rings. The zero-order valence-corrected chi connectivity index (χ0v) is 17.6. The van der Waals surface area contributed by atoms with E-state index in [1.165, 1.54) is 6.07 Å². The van der Waals surface area contributed by atoms with Crippen LogP contribution in [0.2, 0.25) is 0 Å². The van der Waals surface area contributed by atoms with Gasteiger partial charge in [0.1, 0.15) is 5.65 Å². The van der Waals surface area contributed by atoms with E-state index in [9.17, 15) is 18.0 Å². The van der Waals surface area contributed by atoms with Crippen LogP contribution in [-0.2, 0) is 11.0 Å². The first-order chi connectivity index (χ1) is 15.2. The maximum absolute atomic E-state index is 13.4. The van der Waals surface area contributed by atoms with Gasteiger partial charge in [-0.2, -0.15) is 13.2 Å². The summed E-state index contributed by atoms with van der Waals surface area (Å²) in [5.74, 6) is -0.904. The quantitative estimate of drug-likeness (QED) is 0.408. The fraction of sp³-hybridized carbons (Fsp3) is 0.200. The van der Waals surface area contributed by atoms with Crippen molar-refractivity contribution in [3.8, 4) is 0 Å². The number of rotatable bonds is 5. The van der Waals surface area contributed by atoms with Crippen molar-refractivity contribution in [3.63, 3.8) is 0 Å². The molecule has 1 N–H and O–H groups in total. The molecule has 0 saturated heterocycles. The maximum atomic E-state index is 13.4. The summed E-state index contributed by atoms with van der Waals surface area (Å²) in [6.45, 7) is 3.88. The molecule has 0 aliphatic carbocycles. The van der Waals surface area contributed by atoms with E-state index in [4.69, 9.17) is 0 Å². The van der Waals surface area contributed by atoms with Gasteiger partial charge in [0.15, 0.2) is 0 Å². The second-order valence-electron chi connectivity index (χ2n) is 7.91. The molecule has 0 fully saturated rings. The molecule has 1 atom stereocenters. The van der Waals surface area contributed by atoms with Gasteiger partial charge in [-0.1, -0.05) is 35.9 Å². The molecule has 2 aromatic heterocycles. The van der Waals surface area contributed by atoms with Crippen molar-refractivity contribution in [3.05, 3.63) is 101 Å². The Bertz CT molecular complexity index is 1260. The fourth-order valence-electron chi connectivity index (χ4n) is 3.72. The smallest absolute Gasteiger partial charge is 0.326 e. The van der Waals surface area contributed by atoms with E-state index in [1.54, 1.807) is 24.4 Å². The van der Waals surface area contributed by atoms with Crippen LogP contribution in [0.3, 0.4) is 0 Å². The van der Waals surface area contributed by atoms with Crippen molar-refractivity contribution in [2.45, 2.75) is 32.4 Å². The van der Waals surface area contributed by atoms with Crippen LogP contribution < -0.4 is 5.32 Å². The number of hydrogen-bond donors (Lipinski definition) is 1. The molecule has 7 heteroatoms. The third-order valence-corrected chi connectivity index (χ3v) is 5.40. The van der Waals surface area contributed by atoms with E-state index in [2.05, 4.69) is 10.3 Å². The summed E-state index contributed by atoms with van der Waals surface area (Å²) in [7, 11) is 0. The lowest BCUT2D eigenvalue weighted by molar-refractivity contribution is -0.137. The molecule has 164 valence electrons. The third-order valence-electron chi connectivity index (χ3n) is 5.40. The molecule has 0 saturated carbocycles. The van der Waals surface area contributed by atoms with E-state index >= 15 is 0 Å². The first-order valence-electron chi connectivity index (χ1n) is 10.2. The number of amides is 1. The number of fused-ring (bicyclic) bond motifs is 1. The van der Waals surface area contributed by atoms with Gasteiger partial charge in [0.05, 0.1) is 11.3 Å². The van der Waals surface area contributed by atoms with Gasteiger partial charge in [0, 0.05) is 30.4 Å². The van der Waals surface area contributed by atoms with Crippen LogP contribution in [0.15, 0.2) is 73.1 Å². The van der Waals surface area contributed by atoms with E-state index in [0.717, 1.165) is 23.3 Å². The minimum Gasteiger partial charge on any atom is -0.326 e. The average molecular weight is 437 g/mol. The van der Waals surface area contributed by atoms with E-state index in [1.807, 2.05) is 48.7 Å². The number of carbonyl (C=O) groups is 1. The molecule has 0 bridgehead atoms. The molecule has 0 aliphatic rings. The number of alkyl halides is 3. The van der Waals surface area contributed by atoms with Crippen molar-refractivity contribution >= 4 is 17.2 Å². The van der Waals surface area contributed by atoms with Gasteiger partial charge in [-0.15, -0.1) is 0 Å². The summed E-state index contributed by atoms with van der Waals surface area (Å²) in [4.78, 5) is 17.3. The average Bonchev–Trinajstić information content (AvgIpc) is 3.16. The number of hydrogen-bond acceptors (Lipinski definition) is 2. The highest BCUT2D eigenvalue weighted by Gasteiger charge is 2.32. The van der Waals surface area contributed by atoms with E-state index < -0.39 is 17.7 Å². The van der Waals surface area contributed by atoms with Gasteiger partial charge in [-0.25, -0.2) is 4.98 Å². The fourth-order valence-corrected chi connectivity index (χ4v) is 3.72. The highest BCUT2D eigenvalue weighted by molar-refractivity contribution is 5.91. The van der Waals surface area contributed by atoms with Crippen LogP contribution in [-0.4, -0.2) is 15.3 Å². The molecule has 4 rings (SSSR count). The molecule has 4 nitrogen and oxygen atoms in total. The lowest BCUT2D eigenvalue weighted by atomic mass is 9.91. The number of imidazole rings is 1. The number of aromatic nitrogens is 2. The van der Waals surface area contributed by atoms with Crippen molar-refractivity contribution < 1.29 is 18.0 Å². The highest BCUT2D eigenvalue weighted by atomic mass is 19.4. The number of nitrogens with zero attached hydrogens (tertiary/aromatic N) is 2. The molecular formula is C25H22F3N3O. The molecule has 2 aromatic carbocycles. The molecule has 1 amide bonds. The van der Waals surface area contributed by atoms with Crippen molar-refractivity contribution in [1.29, 1.82) is 0 Å². The van der Waals surface area contributed by atoms with Crippen molar-refractivity contribution in [2.24, 2.45) is 0 Å². The minimum atomic E-state index is -4.47. The van der Waals surface area contributed by atoms with E-state index in [-0.39, 0.29) is 12.3 Å². The Balaban J connectivity index is 1.72. The second kappa shape index (κ2) is 8.49. The van der Waals surface area contributed by atoms with Gasteiger partial charge >= 0.3 is 6.18 Å². The standard InChI is InChI=1S/C25H22F3N3O/c1-16-6-8-20(9-7-16)30-24(32)14-21(18-4-3-5-19(13-18)25(26,27)28)22-15-29-23-12-17(2)10-11-31(22)23/h3-13,15,21H,14H2,1-2H3,(H,30,32). The highest BCUT2D eigenvalue weighted by Crippen LogP contribution is 2.35. The van der Waals surface area contributed by atoms with Crippen LogP contribution in [0.25, 0.3) is 5.65 Å². The number of nitrogens with one attached hydrogen (secondary N) is 1. The zero-order valence-electron chi connectivity index (χ0n) is 17.6. The SMILES string of the molecule is Cc1ccc(NC(=O)CC(c2cccc(C(F)(F)F)c2)c2cnc3cc(C)ccn23)cc1. The number of halogens is 3. The summed E-state index contributed by atoms with van der Waals surface area (Å²) in [5.41, 5.74) is 3.70. The lowest BCUT2D eigenvalue weighted by Gasteiger charge is -2.19. The molecule has 0 aliphatic heterocycles. The Morgan fingerprint density at radius 3 is 2.50 bits per heavy atom. The predicted molar refractivity (Wildman–Crippen MR) is 118 cm³/mol. The topological polar surface area (TPSA) is 46.4 Å². The largest absolute Gasteiger partial charge is 0.416 e. The van der Waals surface area contributed by atoms with Crippen molar-refractivity contribution in [1.82, 2.24) is 9.38 Å². The molecule has 32 heavy (non-hydrogen) atoms.